The van der Waals surface area contributed by atoms with Crippen molar-refractivity contribution < 1.29 is 4.79 Å². The number of hydrogen-bond acceptors (Lipinski definition) is 3. The third-order valence-corrected chi connectivity index (χ3v) is 2.90. The molecular weight excluding hydrogens is 220 g/mol. The van der Waals surface area contributed by atoms with Gasteiger partial charge in [-0.25, -0.2) is 0 Å². The summed E-state index contributed by atoms with van der Waals surface area (Å²) in [5.74, 6) is 0.961. The van der Waals surface area contributed by atoms with Crippen LogP contribution >= 0.6 is 12.6 Å². The lowest BCUT2D eigenvalue weighted by Gasteiger charge is -2.05. The van der Waals surface area contributed by atoms with Gasteiger partial charge in [-0.05, 0) is 30.2 Å². The predicted octanol–water partition coefficient (Wildman–Crippen LogP) is 1.24. The van der Waals surface area contributed by atoms with Gasteiger partial charge in [0, 0.05) is 18.0 Å². The van der Waals surface area contributed by atoms with E-state index in [1.807, 2.05) is 6.07 Å². The summed E-state index contributed by atoms with van der Waals surface area (Å²) in [7, 11) is 0. The van der Waals surface area contributed by atoms with Gasteiger partial charge in [0.2, 0.25) is 5.91 Å². The standard InChI is InChI=1S/C12H16N2OS/c15-12-8-10-7-9(1-2-11(10)14-12)3-4-13-5-6-16/h1-2,7,13,16H,3-6,8H2,(H,14,15). The number of benzene rings is 1. The molecule has 0 saturated heterocycles. The number of anilines is 1. The molecule has 1 aliphatic rings. The van der Waals surface area contributed by atoms with E-state index in [1.165, 1.54) is 5.56 Å². The van der Waals surface area contributed by atoms with Crippen molar-refractivity contribution in [2.24, 2.45) is 0 Å². The van der Waals surface area contributed by atoms with Crippen LogP contribution in [0.15, 0.2) is 18.2 Å². The molecule has 0 radical (unpaired) electrons. The minimum absolute atomic E-state index is 0.0975. The summed E-state index contributed by atoms with van der Waals surface area (Å²) in [6.45, 7) is 1.90. The zero-order valence-electron chi connectivity index (χ0n) is 9.12. The second kappa shape index (κ2) is 5.37. The first-order valence-electron chi connectivity index (χ1n) is 5.53. The Kier molecular flexibility index (Phi) is 3.85. The molecule has 0 fully saturated rings. The second-order valence-corrected chi connectivity index (χ2v) is 4.39. The maximum absolute atomic E-state index is 11.2. The summed E-state index contributed by atoms with van der Waals surface area (Å²) in [4.78, 5) is 11.2. The van der Waals surface area contributed by atoms with Gasteiger partial charge >= 0.3 is 0 Å². The minimum Gasteiger partial charge on any atom is -0.326 e. The average molecular weight is 236 g/mol. The van der Waals surface area contributed by atoms with Gasteiger partial charge in [0.05, 0.1) is 6.42 Å². The quantitative estimate of drug-likeness (QED) is 0.532. The molecule has 0 unspecified atom stereocenters. The van der Waals surface area contributed by atoms with Crippen molar-refractivity contribution in [2.75, 3.05) is 24.2 Å². The third-order valence-electron chi connectivity index (χ3n) is 2.67. The molecule has 0 atom stereocenters. The van der Waals surface area contributed by atoms with Gasteiger partial charge in [-0.1, -0.05) is 12.1 Å². The normalized spacial score (nSPS) is 13.7. The van der Waals surface area contributed by atoms with E-state index >= 15 is 0 Å². The predicted molar refractivity (Wildman–Crippen MR) is 69.2 cm³/mol. The van der Waals surface area contributed by atoms with Crippen molar-refractivity contribution in [3.63, 3.8) is 0 Å². The molecule has 1 amide bonds. The average Bonchev–Trinajstić information content (AvgIpc) is 2.64. The number of rotatable bonds is 5. The molecule has 3 nitrogen and oxygen atoms in total. The van der Waals surface area contributed by atoms with Crippen LogP contribution in [0.5, 0.6) is 0 Å². The summed E-state index contributed by atoms with van der Waals surface area (Å²) in [5.41, 5.74) is 3.37. The van der Waals surface area contributed by atoms with Gasteiger partial charge in [0.15, 0.2) is 0 Å². The van der Waals surface area contributed by atoms with Crippen molar-refractivity contribution in [1.82, 2.24) is 5.32 Å². The van der Waals surface area contributed by atoms with E-state index in [0.29, 0.717) is 6.42 Å². The van der Waals surface area contributed by atoms with E-state index in [2.05, 4.69) is 35.4 Å². The van der Waals surface area contributed by atoms with E-state index in [1.54, 1.807) is 0 Å². The summed E-state index contributed by atoms with van der Waals surface area (Å²) in [6.07, 6.45) is 1.52. The number of carbonyl (C=O) groups excluding carboxylic acids is 1. The number of carbonyl (C=O) groups is 1. The molecule has 1 aliphatic heterocycles. The molecule has 16 heavy (non-hydrogen) atoms. The fourth-order valence-electron chi connectivity index (χ4n) is 1.87. The molecule has 0 saturated carbocycles. The molecule has 1 heterocycles. The van der Waals surface area contributed by atoms with Crippen LogP contribution in [0.4, 0.5) is 5.69 Å². The monoisotopic (exact) mass is 236 g/mol. The van der Waals surface area contributed by atoms with E-state index < -0.39 is 0 Å². The van der Waals surface area contributed by atoms with Gasteiger partial charge in [0.25, 0.3) is 0 Å². The minimum atomic E-state index is 0.0975. The molecule has 1 aromatic rings. The highest BCUT2D eigenvalue weighted by Gasteiger charge is 2.16. The Morgan fingerprint density at radius 3 is 3.06 bits per heavy atom. The van der Waals surface area contributed by atoms with Crippen LogP contribution in [0, 0.1) is 0 Å². The van der Waals surface area contributed by atoms with Gasteiger partial charge in [-0.15, -0.1) is 0 Å². The summed E-state index contributed by atoms with van der Waals surface area (Å²) < 4.78 is 0. The Bertz CT molecular complexity index is 393. The first kappa shape index (κ1) is 11.5. The van der Waals surface area contributed by atoms with Crippen molar-refractivity contribution in [1.29, 1.82) is 0 Å². The molecule has 2 rings (SSSR count). The van der Waals surface area contributed by atoms with Crippen LogP contribution in [0.25, 0.3) is 0 Å². The SMILES string of the molecule is O=C1Cc2cc(CCNCCS)ccc2N1. The van der Waals surface area contributed by atoms with Gasteiger partial charge in [-0.3, -0.25) is 4.79 Å². The van der Waals surface area contributed by atoms with Crippen molar-refractivity contribution in [3.8, 4) is 0 Å². The van der Waals surface area contributed by atoms with E-state index in [4.69, 9.17) is 0 Å². The van der Waals surface area contributed by atoms with Crippen LogP contribution in [0.3, 0.4) is 0 Å². The lowest BCUT2D eigenvalue weighted by molar-refractivity contribution is -0.115. The Morgan fingerprint density at radius 2 is 2.25 bits per heavy atom. The molecule has 0 spiro atoms. The molecule has 0 bridgehead atoms. The third kappa shape index (κ3) is 2.77. The van der Waals surface area contributed by atoms with Crippen LogP contribution in [-0.2, 0) is 17.6 Å². The maximum Gasteiger partial charge on any atom is 0.228 e. The smallest absolute Gasteiger partial charge is 0.228 e. The lowest BCUT2D eigenvalue weighted by Crippen LogP contribution is -2.19. The summed E-state index contributed by atoms with van der Waals surface area (Å²) >= 11 is 4.14. The van der Waals surface area contributed by atoms with Crippen LogP contribution in [0.2, 0.25) is 0 Å². The lowest BCUT2D eigenvalue weighted by atomic mass is 10.1. The molecule has 1 aromatic carbocycles. The zero-order chi connectivity index (χ0) is 11.4. The number of hydrogen-bond donors (Lipinski definition) is 3. The van der Waals surface area contributed by atoms with Crippen molar-refractivity contribution in [3.05, 3.63) is 29.3 Å². The first-order chi connectivity index (χ1) is 7.79. The second-order valence-electron chi connectivity index (χ2n) is 3.94. The fraction of sp³-hybridized carbons (Fsp3) is 0.417. The van der Waals surface area contributed by atoms with E-state index in [-0.39, 0.29) is 5.91 Å². The van der Waals surface area contributed by atoms with E-state index in [0.717, 1.165) is 36.5 Å². The number of fused-ring (bicyclic) bond motifs is 1. The Balaban J connectivity index is 1.92. The fourth-order valence-corrected chi connectivity index (χ4v) is 2.03. The van der Waals surface area contributed by atoms with Crippen LogP contribution < -0.4 is 10.6 Å². The highest BCUT2D eigenvalue weighted by molar-refractivity contribution is 7.80. The molecule has 4 heteroatoms. The number of thiol groups is 1. The highest BCUT2D eigenvalue weighted by atomic mass is 32.1. The summed E-state index contributed by atoms with van der Waals surface area (Å²) in [5, 5.41) is 6.14. The molecule has 0 aromatic heterocycles. The Labute approximate surface area is 101 Å². The maximum atomic E-state index is 11.2. The number of amides is 1. The zero-order valence-corrected chi connectivity index (χ0v) is 10.0. The van der Waals surface area contributed by atoms with Crippen molar-refractivity contribution >= 4 is 24.2 Å². The largest absolute Gasteiger partial charge is 0.326 e. The van der Waals surface area contributed by atoms with E-state index in [9.17, 15) is 4.79 Å². The van der Waals surface area contributed by atoms with Gasteiger partial charge in [0.1, 0.15) is 0 Å². The van der Waals surface area contributed by atoms with Gasteiger partial charge < -0.3 is 10.6 Å². The molecule has 0 aliphatic carbocycles. The molecule has 86 valence electrons. The van der Waals surface area contributed by atoms with Crippen LogP contribution in [-0.4, -0.2) is 24.7 Å². The summed E-state index contributed by atoms with van der Waals surface area (Å²) in [6, 6.07) is 6.19. The molecular formula is C12H16N2OS. The van der Waals surface area contributed by atoms with Gasteiger partial charge in [-0.2, -0.15) is 12.6 Å². The van der Waals surface area contributed by atoms with Crippen LogP contribution in [0.1, 0.15) is 11.1 Å². The highest BCUT2D eigenvalue weighted by Crippen LogP contribution is 2.23. The van der Waals surface area contributed by atoms with Crippen molar-refractivity contribution in [2.45, 2.75) is 12.8 Å². The topological polar surface area (TPSA) is 41.1 Å². The first-order valence-corrected chi connectivity index (χ1v) is 6.16. The Morgan fingerprint density at radius 1 is 1.38 bits per heavy atom. The Hall–Kier alpha value is -1.00. The number of nitrogens with one attached hydrogen (secondary N) is 2. The molecule has 2 N–H and O–H groups in total.